The van der Waals surface area contributed by atoms with Crippen LogP contribution in [0.25, 0.3) is 0 Å². The molecule has 4 N–H and O–H groups in total. The van der Waals surface area contributed by atoms with Crippen molar-refractivity contribution in [3.8, 4) is 0 Å². The maximum atomic E-state index is 13.0. The Balaban J connectivity index is 1.88. The number of aliphatic hydroxyl groups is 4. The van der Waals surface area contributed by atoms with Gasteiger partial charge in [0.1, 0.15) is 24.1 Å². The molecule has 4 fully saturated rings. The molecule has 7 heteroatoms. The van der Waals surface area contributed by atoms with Crippen LogP contribution in [0.5, 0.6) is 0 Å². The van der Waals surface area contributed by atoms with Gasteiger partial charge in [-0.25, -0.2) is 0 Å². The van der Waals surface area contributed by atoms with Crippen LogP contribution in [0.4, 0.5) is 0 Å². The summed E-state index contributed by atoms with van der Waals surface area (Å²) in [5.74, 6) is 0.353. The fourth-order valence-electron chi connectivity index (χ4n) is 4.93. The van der Waals surface area contributed by atoms with Crippen LogP contribution in [0.3, 0.4) is 0 Å². The fraction of sp³-hybridized carbons (Fsp3) is 0.938. The van der Waals surface area contributed by atoms with Gasteiger partial charge in [-0.2, -0.15) is 0 Å². The smallest absolute Gasteiger partial charge is 0.150 e. The maximum Gasteiger partial charge on any atom is 0.150 e. The lowest BCUT2D eigenvalue weighted by molar-refractivity contribution is -0.231. The molecule has 0 unspecified atom stereocenters. The van der Waals surface area contributed by atoms with Crippen molar-refractivity contribution in [2.75, 3.05) is 32.8 Å². The summed E-state index contributed by atoms with van der Waals surface area (Å²) in [4.78, 5) is 17.2. The van der Waals surface area contributed by atoms with E-state index in [1.807, 2.05) is 13.8 Å². The molecule has 0 aliphatic carbocycles. The number of ketones is 1. The zero-order chi connectivity index (χ0) is 17.0. The lowest BCUT2D eigenvalue weighted by Crippen LogP contribution is -2.81. The second-order valence-corrected chi connectivity index (χ2v) is 7.55. The fourth-order valence-corrected chi connectivity index (χ4v) is 4.93. The van der Waals surface area contributed by atoms with Gasteiger partial charge in [-0.15, -0.1) is 0 Å². The summed E-state index contributed by atoms with van der Waals surface area (Å²) in [6.07, 6.45) is -2.84. The molecular formula is C16H28N2O5. The summed E-state index contributed by atoms with van der Waals surface area (Å²) < 4.78 is 0. The first-order valence-electron chi connectivity index (χ1n) is 8.52. The minimum absolute atomic E-state index is 0.353. The van der Waals surface area contributed by atoms with Crippen molar-refractivity contribution in [1.82, 2.24) is 9.80 Å². The molecule has 4 saturated heterocycles. The van der Waals surface area contributed by atoms with Crippen molar-refractivity contribution in [1.29, 1.82) is 0 Å². The molecule has 132 valence electrons. The Kier molecular flexibility index (Phi) is 4.32. The topological polar surface area (TPSA) is 104 Å². The van der Waals surface area contributed by atoms with E-state index in [-0.39, 0.29) is 10.8 Å². The molecule has 4 heterocycles. The average Bonchev–Trinajstić information content (AvgIpc) is 2.56. The molecule has 0 aromatic rings. The Morgan fingerprint density at radius 2 is 1.48 bits per heavy atom. The summed E-state index contributed by atoms with van der Waals surface area (Å²) >= 11 is 0. The molecule has 0 aromatic carbocycles. The summed E-state index contributed by atoms with van der Waals surface area (Å²) in [6, 6.07) is 0. The highest BCUT2D eigenvalue weighted by Gasteiger charge is 2.65. The Labute approximate surface area is 136 Å². The lowest BCUT2D eigenvalue weighted by Gasteiger charge is -2.67. The standard InChI is InChI=1S/C16H28N2O5/c1-3-15-6-17-8-16(4-2,14(15)23)9-18(7-15)13(17)12(22)11(21)10(20)5-19/h10-13,19-22H,3-9H2,1-2H3/t10-,11-,12-,13?,15?,16?/m0/s1. The van der Waals surface area contributed by atoms with Crippen LogP contribution in [-0.2, 0) is 4.79 Å². The van der Waals surface area contributed by atoms with Gasteiger partial charge in [-0.1, -0.05) is 13.8 Å². The van der Waals surface area contributed by atoms with E-state index in [2.05, 4.69) is 9.80 Å². The molecule has 4 aliphatic rings. The minimum atomic E-state index is -1.41. The van der Waals surface area contributed by atoms with E-state index < -0.39 is 31.1 Å². The Morgan fingerprint density at radius 3 is 1.83 bits per heavy atom. The second-order valence-electron chi connectivity index (χ2n) is 7.55. The first kappa shape index (κ1) is 17.3. The number of hydrogen-bond donors (Lipinski definition) is 4. The zero-order valence-corrected chi connectivity index (χ0v) is 13.9. The van der Waals surface area contributed by atoms with Gasteiger partial charge in [0, 0.05) is 26.2 Å². The molecule has 3 atom stereocenters. The van der Waals surface area contributed by atoms with Crippen molar-refractivity contribution in [2.45, 2.75) is 51.2 Å². The minimum Gasteiger partial charge on any atom is -0.394 e. The van der Waals surface area contributed by atoms with E-state index in [1.165, 1.54) is 0 Å². The molecule has 23 heavy (non-hydrogen) atoms. The quantitative estimate of drug-likeness (QED) is 0.465. The largest absolute Gasteiger partial charge is 0.394 e. The zero-order valence-electron chi connectivity index (χ0n) is 13.9. The summed E-state index contributed by atoms with van der Waals surface area (Å²) in [5, 5.41) is 39.3. The number of carbonyl (C=O) groups excluding carboxylic acids is 1. The van der Waals surface area contributed by atoms with Gasteiger partial charge in [0.2, 0.25) is 0 Å². The number of nitrogens with zero attached hydrogens (tertiary/aromatic N) is 2. The third-order valence-electron chi connectivity index (χ3n) is 6.32. The van der Waals surface area contributed by atoms with Crippen LogP contribution in [-0.4, -0.2) is 93.3 Å². The number of hydrogen-bond acceptors (Lipinski definition) is 7. The van der Waals surface area contributed by atoms with Gasteiger partial charge in [0.15, 0.2) is 0 Å². The van der Waals surface area contributed by atoms with E-state index in [9.17, 15) is 20.1 Å². The SMILES string of the molecule is CCC12CN3CC(CC)(CN(C1)C3[C@@H](O)[C@@H](O)[C@@H](O)CO)C2=O. The summed E-state index contributed by atoms with van der Waals surface area (Å²) in [5.41, 5.74) is -0.771. The van der Waals surface area contributed by atoms with Gasteiger partial charge in [-0.3, -0.25) is 14.6 Å². The first-order valence-corrected chi connectivity index (χ1v) is 8.52. The summed E-state index contributed by atoms with van der Waals surface area (Å²) in [6.45, 7) is 5.82. The van der Waals surface area contributed by atoms with E-state index in [4.69, 9.17) is 5.11 Å². The van der Waals surface area contributed by atoms with Crippen LogP contribution in [0.1, 0.15) is 26.7 Å². The van der Waals surface area contributed by atoms with E-state index in [0.717, 1.165) is 12.8 Å². The van der Waals surface area contributed by atoms with E-state index in [0.29, 0.717) is 32.0 Å². The van der Waals surface area contributed by atoms with Crippen LogP contribution in [0, 0.1) is 10.8 Å². The molecule has 0 aromatic heterocycles. The first-order chi connectivity index (χ1) is 10.8. The number of carbonyl (C=O) groups is 1. The molecule has 4 rings (SSSR count). The van der Waals surface area contributed by atoms with Gasteiger partial charge in [0.05, 0.1) is 23.6 Å². The third kappa shape index (κ3) is 2.29. The molecule has 4 bridgehead atoms. The molecular weight excluding hydrogens is 300 g/mol. The van der Waals surface area contributed by atoms with Crippen molar-refractivity contribution in [3.05, 3.63) is 0 Å². The Bertz CT molecular complexity index is 443. The van der Waals surface area contributed by atoms with Crippen molar-refractivity contribution < 1.29 is 25.2 Å². The van der Waals surface area contributed by atoms with Gasteiger partial charge in [0.25, 0.3) is 0 Å². The molecule has 0 saturated carbocycles. The number of rotatable bonds is 6. The van der Waals surface area contributed by atoms with Crippen LogP contribution < -0.4 is 0 Å². The van der Waals surface area contributed by atoms with E-state index in [1.54, 1.807) is 0 Å². The monoisotopic (exact) mass is 328 g/mol. The van der Waals surface area contributed by atoms with Crippen LogP contribution >= 0.6 is 0 Å². The predicted molar refractivity (Wildman–Crippen MR) is 82.5 cm³/mol. The van der Waals surface area contributed by atoms with Crippen molar-refractivity contribution in [2.24, 2.45) is 10.8 Å². The number of aliphatic hydroxyl groups excluding tert-OH is 4. The molecule has 4 aliphatic heterocycles. The maximum absolute atomic E-state index is 13.0. The second kappa shape index (κ2) is 5.75. The number of Topliss-reactive ketones (excluding diaryl/α,β-unsaturated/α-hetero) is 1. The van der Waals surface area contributed by atoms with Gasteiger partial charge >= 0.3 is 0 Å². The third-order valence-corrected chi connectivity index (χ3v) is 6.32. The highest BCUT2D eigenvalue weighted by Crippen LogP contribution is 2.51. The lowest BCUT2D eigenvalue weighted by atomic mass is 9.58. The predicted octanol–water partition coefficient (Wildman–Crippen LogP) is -1.61. The molecule has 0 radical (unpaired) electrons. The van der Waals surface area contributed by atoms with Gasteiger partial charge < -0.3 is 20.4 Å². The van der Waals surface area contributed by atoms with E-state index >= 15 is 0 Å². The average molecular weight is 328 g/mol. The Morgan fingerprint density at radius 1 is 1.04 bits per heavy atom. The normalized spacial score (nSPS) is 46.0. The summed E-state index contributed by atoms with van der Waals surface area (Å²) in [7, 11) is 0. The van der Waals surface area contributed by atoms with Crippen LogP contribution in [0.2, 0.25) is 0 Å². The highest BCUT2D eigenvalue weighted by molar-refractivity contribution is 5.93. The van der Waals surface area contributed by atoms with Crippen molar-refractivity contribution in [3.63, 3.8) is 0 Å². The number of piperidine rings is 2. The molecule has 0 spiro atoms. The molecule has 0 amide bonds. The highest BCUT2D eigenvalue weighted by atomic mass is 16.4. The van der Waals surface area contributed by atoms with Gasteiger partial charge in [-0.05, 0) is 12.8 Å². The van der Waals surface area contributed by atoms with Crippen LogP contribution in [0.15, 0.2) is 0 Å². The molecule has 7 nitrogen and oxygen atoms in total. The van der Waals surface area contributed by atoms with Crippen molar-refractivity contribution >= 4 is 5.78 Å². The Hall–Kier alpha value is -0.570.